The summed E-state index contributed by atoms with van der Waals surface area (Å²) < 4.78 is 1.22. The van der Waals surface area contributed by atoms with E-state index >= 15 is 0 Å². The molecule has 1 heterocycles. The Balaban J connectivity index is 0.000000330. The van der Waals surface area contributed by atoms with Crippen molar-refractivity contribution in [2.45, 2.75) is 13.0 Å². The SMILES string of the molecule is C[C@H](N)C(N)=O.Cl.Nc1ccc(-c2nc3ccccc3s2)cc1. The first-order valence-electron chi connectivity index (χ1n) is 6.74. The first kappa shape index (κ1) is 18.9. The molecule has 0 aliphatic heterocycles. The maximum Gasteiger partial charge on any atom is 0.234 e. The number of nitrogen functional groups attached to an aromatic ring is 1. The van der Waals surface area contributed by atoms with Crippen LogP contribution < -0.4 is 17.2 Å². The average Bonchev–Trinajstić information content (AvgIpc) is 2.92. The van der Waals surface area contributed by atoms with Crippen LogP contribution in [0, 0.1) is 0 Å². The third kappa shape index (κ3) is 5.21. The molecule has 3 rings (SSSR count). The number of hydrogen-bond acceptors (Lipinski definition) is 5. The van der Waals surface area contributed by atoms with Crippen LogP contribution in [0.2, 0.25) is 0 Å². The Bertz CT molecular complexity index is 738. The van der Waals surface area contributed by atoms with Crippen LogP contribution in [-0.2, 0) is 4.79 Å². The smallest absolute Gasteiger partial charge is 0.234 e. The predicted molar refractivity (Wildman–Crippen MR) is 99.6 cm³/mol. The summed E-state index contributed by atoms with van der Waals surface area (Å²) in [4.78, 5) is 14.4. The molecule has 1 aromatic heterocycles. The van der Waals surface area contributed by atoms with Gasteiger partial charge in [-0.3, -0.25) is 4.79 Å². The largest absolute Gasteiger partial charge is 0.399 e. The molecule has 5 nitrogen and oxygen atoms in total. The lowest BCUT2D eigenvalue weighted by Gasteiger charge is -1.95. The summed E-state index contributed by atoms with van der Waals surface area (Å²) in [5, 5.41) is 1.04. The fourth-order valence-electron chi connectivity index (χ4n) is 1.62. The van der Waals surface area contributed by atoms with Crippen LogP contribution in [0.5, 0.6) is 0 Å². The number of anilines is 1. The highest BCUT2D eigenvalue weighted by atomic mass is 35.5. The van der Waals surface area contributed by atoms with E-state index < -0.39 is 11.9 Å². The molecule has 2 aromatic carbocycles. The molecule has 0 saturated heterocycles. The number of para-hydroxylation sites is 1. The van der Waals surface area contributed by atoms with Crippen LogP contribution >= 0.6 is 23.7 Å². The van der Waals surface area contributed by atoms with Crippen molar-refractivity contribution < 1.29 is 4.79 Å². The van der Waals surface area contributed by atoms with Gasteiger partial charge in [-0.2, -0.15) is 0 Å². The van der Waals surface area contributed by atoms with Crippen molar-refractivity contribution in [1.29, 1.82) is 0 Å². The zero-order valence-corrected chi connectivity index (χ0v) is 14.2. The molecule has 0 bridgehead atoms. The number of primary amides is 1. The normalized spacial score (nSPS) is 11.0. The number of benzene rings is 2. The van der Waals surface area contributed by atoms with Crippen molar-refractivity contribution in [2.75, 3.05) is 5.73 Å². The number of nitrogens with two attached hydrogens (primary N) is 3. The molecule has 0 radical (unpaired) electrons. The van der Waals surface area contributed by atoms with Crippen molar-refractivity contribution in [2.24, 2.45) is 11.5 Å². The second-order valence-corrected chi connectivity index (χ2v) is 5.83. The standard InChI is InChI=1S/C13H10N2S.C3H8N2O.ClH/c14-10-7-5-9(6-8-10)13-15-11-3-1-2-4-12(11)16-13;1-2(4)3(5)6;/h1-8H,14H2;2H,4H2,1H3,(H2,5,6);1H/t;2-;/m.0./s1. The number of fused-ring (bicyclic) bond motifs is 1. The van der Waals surface area contributed by atoms with Crippen LogP contribution in [0.25, 0.3) is 20.8 Å². The monoisotopic (exact) mass is 350 g/mol. The number of rotatable bonds is 2. The van der Waals surface area contributed by atoms with Crippen LogP contribution in [0.1, 0.15) is 6.92 Å². The first-order valence-corrected chi connectivity index (χ1v) is 7.55. The van der Waals surface area contributed by atoms with E-state index in [1.165, 1.54) is 4.70 Å². The lowest BCUT2D eigenvalue weighted by molar-refractivity contribution is -0.118. The Labute approximate surface area is 144 Å². The topological polar surface area (TPSA) is 108 Å². The molecule has 0 saturated carbocycles. The van der Waals surface area contributed by atoms with E-state index in [1.54, 1.807) is 18.3 Å². The van der Waals surface area contributed by atoms with Crippen LogP contribution in [-0.4, -0.2) is 16.9 Å². The molecular weight excluding hydrogens is 332 g/mol. The third-order valence-electron chi connectivity index (χ3n) is 2.90. The minimum atomic E-state index is -0.509. The fourth-order valence-corrected chi connectivity index (χ4v) is 2.59. The van der Waals surface area contributed by atoms with Gasteiger partial charge in [-0.05, 0) is 43.3 Å². The number of nitrogens with zero attached hydrogens (tertiary/aromatic N) is 1. The Morgan fingerprint density at radius 3 is 2.22 bits per heavy atom. The molecule has 0 aliphatic carbocycles. The molecule has 0 aliphatic rings. The highest BCUT2D eigenvalue weighted by Gasteiger charge is 2.04. The lowest BCUT2D eigenvalue weighted by atomic mass is 10.2. The molecule has 0 spiro atoms. The Hall–Kier alpha value is -2.15. The van der Waals surface area contributed by atoms with Gasteiger partial charge in [0, 0.05) is 11.3 Å². The summed E-state index contributed by atoms with van der Waals surface area (Å²) in [7, 11) is 0. The number of aromatic nitrogens is 1. The summed E-state index contributed by atoms with van der Waals surface area (Å²) >= 11 is 1.70. The highest BCUT2D eigenvalue weighted by Crippen LogP contribution is 2.30. The van der Waals surface area contributed by atoms with Gasteiger partial charge in [0.05, 0.1) is 16.3 Å². The van der Waals surface area contributed by atoms with Gasteiger partial charge < -0.3 is 17.2 Å². The van der Waals surface area contributed by atoms with E-state index in [-0.39, 0.29) is 12.4 Å². The van der Waals surface area contributed by atoms with Gasteiger partial charge in [0.25, 0.3) is 0 Å². The van der Waals surface area contributed by atoms with Crippen molar-refractivity contribution in [3.63, 3.8) is 0 Å². The van der Waals surface area contributed by atoms with Gasteiger partial charge in [-0.15, -0.1) is 23.7 Å². The summed E-state index contributed by atoms with van der Waals surface area (Å²) in [5.41, 5.74) is 18.3. The molecule has 0 unspecified atom stereocenters. The van der Waals surface area contributed by atoms with E-state index in [2.05, 4.69) is 16.8 Å². The summed E-state index contributed by atoms with van der Waals surface area (Å²) in [6.45, 7) is 1.54. The van der Waals surface area contributed by atoms with E-state index in [0.717, 1.165) is 21.8 Å². The van der Waals surface area contributed by atoms with Gasteiger partial charge in [-0.1, -0.05) is 12.1 Å². The molecule has 23 heavy (non-hydrogen) atoms. The summed E-state index contributed by atoms with van der Waals surface area (Å²) in [6, 6.07) is 15.5. The molecule has 7 heteroatoms. The van der Waals surface area contributed by atoms with E-state index in [4.69, 9.17) is 11.5 Å². The molecule has 122 valence electrons. The number of thiazole rings is 1. The zero-order chi connectivity index (χ0) is 16.1. The Kier molecular flexibility index (Phi) is 6.96. The minimum Gasteiger partial charge on any atom is -0.399 e. The van der Waals surface area contributed by atoms with Crippen molar-refractivity contribution >= 4 is 45.6 Å². The van der Waals surface area contributed by atoms with Crippen LogP contribution in [0.4, 0.5) is 5.69 Å². The number of carbonyl (C=O) groups is 1. The Morgan fingerprint density at radius 2 is 1.70 bits per heavy atom. The molecule has 1 atom stereocenters. The number of hydrogen-bond donors (Lipinski definition) is 3. The molecular formula is C16H19ClN4OS. The molecule has 3 aromatic rings. The van der Waals surface area contributed by atoms with Gasteiger partial charge in [0.1, 0.15) is 5.01 Å². The molecule has 0 fully saturated rings. The quantitative estimate of drug-likeness (QED) is 0.617. The van der Waals surface area contributed by atoms with Crippen LogP contribution in [0.3, 0.4) is 0 Å². The maximum atomic E-state index is 9.80. The Morgan fingerprint density at radius 1 is 1.13 bits per heavy atom. The van der Waals surface area contributed by atoms with Gasteiger partial charge >= 0.3 is 0 Å². The fraction of sp³-hybridized carbons (Fsp3) is 0.125. The highest BCUT2D eigenvalue weighted by molar-refractivity contribution is 7.21. The number of amides is 1. The predicted octanol–water partition coefficient (Wildman–Crippen LogP) is 2.79. The van der Waals surface area contributed by atoms with Crippen molar-refractivity contribution in [3.05, 3.63) is 48.5 Å². The van der Waals surface area contributed by atoms with Gasteiger partial charge in [-0.25, -0.2) is 4.98 Å². The molecule has 1 amide bonds. The second-order valence-electron chi connectivity index (χ2n) is 4.80. The lowest BCUT2D eigenvalue weighted by Crippen LogP contribution is -2.32. The number of carbonyl (C=O) groups excluding carboxylic acids is 1. The van der Waals surface area contributed by atoms with Crippen molar-refractivity contribution in [1.82, 2.24) is 4.98 Å². The third-order valence-corrected chi connectivity index (χ3v) is 3.99. The van der Waals surface area contributed by atoms with Crippen molar-refractivity contribution in [3.8, 4) is 10.6 Å². The van der Waals surface area contributed by atoms with Crippen LogP contribution in [0.15, 0.2) is 48.5 Å². The van der Waals surface area contributed by atoms with E-state index in [9.17, 15) is 4.79 Å². The second kappa shape index (κ2) is 8.47. The van der Waals surface area contributed by atoms with Gasteiger partial charge in [0.2, 0.25) is 5.91 Å². The average molecular weight is 351 g/mol. The first-order chi connectivity index (χ1) is 10.5. The van der Waals surface area contributed by atoms with Gasteiger partial charge in [0.15, 0.2) is 0 Å². The molecule has 6 N–H and O–H groups in total. The summed E-state index contributed by atoms with van der Waals surface area (Å²) in [5.74, 6) is -0.463. The zero-order valence-electron chi connectivity index (χ0n) is 12.6. The minimum absolute atomic E-state index is 0. The van der Waals surface area contributed by atoms with E-state index in [0.29, 0.717) is 0 Å². The number of halogens is 1. The maximum absolute atomic E-state index is 9.80. The summed E-state index contributed by atoms with van der Waals surface area (Å²) in [6.07, 6.45) is 0. The van der Waals surface area contributed by atoms with E-state index in [1.807, 2.05) is 42.5 Å².